The molecule has 3 heterocycles. The summed E-state index contributed by atoms with van der Waals surface area (Å²) in [6, 6.07) is 4.27. The number of rotatable bonds is 3. The van der Waals surface area contributed by atoms with Crippen LogP contribution in [0.2, 0.25) is 0 Å². The number of hydrogen-bond acceptors (Lipinski definition) is 5. The predicted molar refractivity (Wildman–Crippen MR) is 92.4 cm³/mol. The summed E-state index contributed by atoms with van der Waals surface area (Å²) in [5.41, 5.74) is 6.81. The molecule has 1 saturated heterocycles. The molecule has 2 aromatic rings. The van der Waals surface area contributed by atoms with Crippen molar-refractivity contribution in [2.45, 2.75) is 32.7 Å². The van der Waals surface area contributed by atoms with Crippen LogP contribution in [0.5, 0.6) is 0 Å². The molecule has 3 rings (SSSR count). The van der Waals surface area contributed by atoms with Gasteiger partial charge in [0.05, 0.1) is 10.6 Å². The summed E-state index contributed by atoms with van der Waals surface area (Å²) in [7, 11) is 0. The van der Waals surface area contributed by atoms with Crippen molar-refractivity contribution < 1.29 is 4.79 Å². The maximum absolute atomic E-state index is 12.7. The molecule has 0 aromatic carbocycles. The second-order valence-corrected chi connectivity index (χ2v) is 7.85. The number of carbonyl (C=O) groups excluding carboxylic acids is 1. The monoisotopic (exact) mass is 335 g/mol. The predicted octanol–water partition coefficient (Wildman–Crippen LogP) is 3.38. The largest absolute Gasteiger partial charge is 0.338 e. The topological polar surface area (TPSA) is 59.2 Å². The minimum Gasteiger partial charge on any atom is -0.338 e. The highest BCUT2D eigenvalue weighted by Crippen LogP contribution is 2.32. The summed E-state index contributed by atoms with van der Waals surface area (Å²) in [5.74, 6) is 0.661. The van der Waals surface area contributed by atoms with Crippen molar-refractivity contribution in [3.63, 3.8) is 0 Å². The van der Waals surface area contributed by atoms with Crippen LogP contribution in [0, 0.1) is 12.8 Å². The Bertz CT molecular complexity index is 640. The number of thiophene rings is 1. The third-order valence-electron chi connectivity index (χ3n) is 4.29. The Balaban J connectivity index is 1.73. The van der Waals surface area contributed by atoms with Crippen molar-refractivity contribution in [1.29, 1.82) is 0 Å². The van der Waals surface area contributed by atoms with E-state index in [0.29, 0.717) is 5.92 Å². The van der Waals surface area contributed by atoms with Crippen molar-refractivity contribution >= 4 is 28.6 Å². The molecule has 2 N–H and O–H groups in total. The SMILES string of the molecule is Cc1nc(-c2cccs2)sc1C(=O)N1CCC(C(C)N)CC1. The number of carbonyl (C=O) groups is 1. The Morgan fingerprint density at radius 3 is 2.77 bits per heavy atom. The normalized spacial score (nSPS) is 17.7. The summed E-state index contributed by atoms with van der Waals surface area (Å²) in [5, 5.41) is 2.98. The molecular weight excluding hydrogens is 314 g/mol. The number of aromatic nitrogens is 1. The molecule has 0 radical (unpaired) electrons. The molecule has 118 valence electrons. The molecule has 1 atom stereocenters. The molecule has 1 amide bonds. The molecule has 0 aliphatic carbocycles. The van der Waals surface area contributed by atoms with Crippen LogP contribution in [0.4, 0.5) is 0 Å². The Labute approximate surface area is 139 Å². The maximum atomic E-state index is 12.7. The number of aryl methyl sites for hydroxylation is 1. The Morgan fingerprint density at radius 2 is 2.18 bits per heavy atom. The van der Waals surface area contributed by atoms with E-state index >= 15 is 0 Å². The summed E-state index contributed by atoms with van der Waals surface area (Å²) in [6.45, 7) is 5.59. The van der Waals surface area contributed by atoms with Crippen LogP contribution in [-0.4, -0.2) is 34.9 Å². The highest BCUT2D eigenvalue weighted by molar-refractivity contribution is 7.22. The molecule has 2 aromatic heterocycles. The van der Waals surface area contributed by atoms with Gasteiger partial charge >= 0.3 is 0 Å². The van der Waals surface area contributed by atoms with Crippen molar-refractivity contribution in [2.75, 3.05) is 13.1 Å². The smallest absolute Gasteiger partial charge is 0.265 e. The van der Waals surface area contributed by atoms with Crippen LogP contribution in [0.3, 0.4) is 0 Å². The molecule has 1 aliphatic rings. The van der Waals surface area contributed by atoms with Gasteiger partial charge in [0.15, 0.2) is 0 Å². The van der Waals surface area contributed by atoms with Gasteiger partial charge in [0.1, 0.15) is 9.88 Å². The first kappa shape index (κ1) is 15.6. The quantitative estimate of drug-likeness (QED) is 0.935. The van der Waals surface area contributed by atoms with Crippen LogP contribution >= 0.6 is 22.7 Å². The Kier molecular flexibility index (Phi) is 4.61. The summed E-state index contributed by atoms with van der Waals surface area (Å²) >= 11 is 3.17. The fraction of sp³-hybridized carbons (Fsp3) is 0.500. The minimum absolute atomic E-state index is 0.126. The van der Waals surface area contributed by atoms with Gasteiger partial charge in [0.2, 0.25) is 0 Å². The number of likely N-dealkylation sites (tertiary alicyclic amines) is 1. The Hall–Kier alpha value is -1.24. The van der Waals surface area contributed by atoms with Crippen LogP contribution in [0.1, 0.15) is 35.1 Å². The summed E-state index contributed by atoms with van der Waals surface area (Å²) in [6.07, 6.45) is 2.00. The lowest BCUT2D eigenvalue weighted by atomic mass is 9.91. The number of nitrogens with two attached hydrogens (primary N) is 1. The zero-order valence-electron chi connectivity index (χ0n) is 12.9. The third-order valence-corrected chi connectivity index (χ3v) is 6.48. The van der Waals surface area contributed by atoms with E-state index in [1.54, 1.807) is 11.3 Å². The van der Waals surface area contributed by atoms with E-state index < -0.39 is 0 Å². The molecule has 0 saturated carbocycles. The van der Waals surface area contributed by atoms with E-state index in [2.05, 4.69) is 11.9 Å². The minimum atomic E-state index is 0.126. The number of amides is 1. The number of thiazole rings is 1. The summed E-state index contributed by atoms with van der Waals surface area (Å²) in [4.78, 5) is 21.2. The van der Waals surface area contributed by atoms with Crippen molar-refractivity contribution in [3.05, 3.63) is 28.1 Å². The molecule has 0 spiro atoms. The van der Waals surface area contributed by atoms with Gasteiger partial charge in [-0.2, -0.15) is 0 Å². The lowest BCUT2D eigenvalue weighted by molar-refractivity contribution is 0.0685. The first-order chi connectivity index (χ1) is 10.6. The van der Waals surface area contributed by atoms with Crippen LogP contribution in [0.25, 0.3) is 9.88 Å². The van der Waals surface area contributed by atoms with Crippen molar-refractivity contribution in [1.82, 2.24) is 9.88 Å². The highest BCUT2D eigenvalue weighted by atomic mass is 32.1. The summed E-state index contributed by atoms with van der Waals surface area (Å²) < 4.78 is 0. The van der Waals surface area contributed by atoms with Gasteiger partial charge in [0.25, 0.3) is 5.91 Å². The fourth-order valence-corrected chi connectivity index (χ4v) is 4.70. The lowest BCUT2D eigenvalue weighted by Crippen LogP contribution is -2.42. The molecule has 22 heavy (non-hydrogen) atoms. The van der Waals surface area contributed by atoms with E-state index in [-0.39, 0.29) is 11.9 Å². The van der Waals surface area contributed by atoms with Gasteiger partial charge in [-0.3, -0.25) is 4.79 Å². The van der Waals surface area contributed by atoms with E-state index in [1.807, 2.05) is 29.3 Å². The maximum Gasteiger partial charge on any atom is 0.265 e. The van der Waals surface area contributed by atoms with Gasteiger partial charge < -0.3 is 10.6 Å². The number of piperidine rings is 1. The molecular formula is C16H21N3OS2. The average Bonchev–Trinajstić information content (AvgIpc) is 3.16. The third kappa shape index (κ3) is 3.09. The number of nitrogens with zero attached hydrogens (tertiary/aromatic N) is 2. The number of hydrogen-bond donors (Lipinski definition) is 1. The zero-order chi connectivity index (χ0) is 15.7. The van der Waals surface area contributed by atoms with Crippen molar-refractivity contribution in [3.8, 4) is 9.88 Å². The second kappa shape index (κ2) is 6.48. The van der Waals surface area contributed by atoms with Gasteiger partial charge in [-0.05, 0) is 44.1 Å². The van der Waals surface area contributed by atoms with Gasteiger partial charge in [-0.25, -0.2) is 4.98 Å². The van der Waals surface area contributed by atoms with Gasteiger partial charge in [-0.15, -0.1) is 22.7 Å². The van der Waals surface area contributed by atoms with E-state index in [9.17, 15) is 4.79 Å². The van der Waals surface area contributed by atoms with Crippen molar-refractivity contribution in [2.24, 2.45) is 11.7 Å². The standard InChI is InChI=1S/C16H21N3OS2/c1-10(17)12-5-7-19(8-6-12)16(20)14-11(2)18-15(22-14)13-4-3-9-21-13/h3-4,9-10,12H,5-8,17H2,1-2H3. The molecule has 6 heteroatoms. The van der Waals surface area contributed by atoms with Gasteiger partial charge in [0, 0.05) is 19.1 Å². The second-order valence-electron chi connectivity index (χ2n) is 5.90. The molecule has 4 nitrogen and oxygen atoms in total. The van der Waals surface area contributed by atoms with E-state index in [0.717, 1.165) is 46.4 Å². The molecule has 0 bridgehead atoms. The highest BCUT2D eigenvalue weighted by Gasteiger charge is 2.27. The zero-order valence-corrected chi connectivity index (χ0v) is 14.5. The lowest BCUT2D eigenvalue weighted by Gasteiger charge is -2.33. The first-order valence-electron chi connectivity index (χ1n) is 7.62. The molecule has 1 unspecified atom stereocenters. The van der Waals surface area contributed by atoms with E-state index in [4.69, 9.17) is 5.73 Å². The molecule has 1 fully saturated rings. The van der Waals surface area contributed by atoms with Crippen LogP contribution < -0.4 is 5.73 Å². The molecule has 1 aliphatic heterocycles. The average molecular weight is 335 g/mol. The van der Waals surface area contributed by atoms with Crippen LogP contribution in [-0.2, 0) is 0 Å². The van der Waals surface area contributed by atoms with Gasteiger partial charge in [-0.1, -0.05) is 6.07 Å². The van der Waals surface area contributed by atoms with Crippen LogP contribution in [0.15, 0.2) is 17.5 Å². The Morgan fingerprint density at radius 1 is 1.45 bits per heavy atom. The fourth-order valence-electron chi connectivity index (χ4n) is 2.87. The first-order valence-corrected chi connectivity index (χ1v) is 9.32. The van der Waals surface area contributed by atoms with E-state index in [1.165, 1.54) is 11.3 Å².